The topological polar surface area (TPSA) is 44.8 Å². The fourth-order valence-corrected chi connectivity index (χ4v) is 3.21. The highest BCUT2D eigenvalue weighted by molar-refractivity contribution is 6.30. The van der Waals surface area contributed by atoms with Gasteiger partial charge in [0, 0.05) is 49.2 Å². The van der Waals surface area contributed by atoms with E-state index in [0.29, 0.717) is 5.02 Å². The summed E-state index contributed by atoms with van der Waals surface area (Å²) in [7, 11) is 1.68. The molecule has 0 radical (unpaired) electrons. The summed E-state index contributed by atoms with van der Waals surface area (Å²) in [5.74, 6) is 0.962. The first kappa shape index (κ1) is 20.8. The molecule has 1 aromatic rings. The molecule has 1 amide bonds. The third-order valence-electron chi connectivity index (χ3n) is 4.72. The average Bonchev–Trinajstić information content (AvgIpc) is 2.61. The van der Waals surface area contributed by atoms with E-state index in [1.807, 2.05) is 39.0 Å². The Labute approximate surface area is 162 Å². The van der Waals surface area contributed by atoms with Crippen molar-refractivity contribution in [1.29, 1.82) is 0 Å². The smallest absolute Gasteiger partial charge is 0.225 e. The number of halogens is 1. The van der Waals surface area contributed by atoms with E-state index in [9.17, 15) is 4.79 Å². The van der Waals surface area contributed by atoms with Crippen molar-refractivity contribution in [2.45, 2.75) is 33.6 Å². The minimum atomic E-state index is -0.306. The Bertz CT molecular complexity index is 593. The van der Waals surface area contributed by atoms with E-state index in [2.05, 4.69) is 15.1 Å². The Morgan fingerprint density at radius 2 is 1.88 bits per heavy atom. The summed E-state index contributed by atoms with van der Waals surface area (Å²) in [6.07, 6.45) is 2.13. The Morgan fingerprint density at radius 1 is 1.19 bits per heavy atom. The molecule has 0 atom stereocenters. The molecule has 1 aromatic carbocycles. The van der Waals surface area contributed by atoms with Crippen molar-refractivity contribution in [3.8, 4) is 5.75 Å². The van der Waals surface area contributed by atoms with E-state index in [1.165, 1.54) is 0 Å². The van der Waals surface area contributed by atoms with Crippen molar-refractivity contribution in [3.05, 3.63) is 23.2 Å². The minimum absolute atomic E-state index is 0.128. The van der Waals surface area contributed by atoms with Gasteiger partial charge in [0.25, 0.3) is 0 Å². The lowest BCUT2D eigenvalue weighted by Gasteiger charge is -2.36. The van der Waals surface area contributed by atoms with E-state index < -0.39 is 0 Å². The van der Waals surface area contributed by atoms with Gasteiger partial charge in [0.05, 0.1) is 12.8 Å². The molecule has 1 aliphatic heterocycles. The number of hydrogen-bond acceptors (Lipinski definition) is 4. The van der Waals surface area contributed by atoms with Crippen LogP contribution in [0.3, 0.4) is 0 Å². The highest BCUT2D eigenvalue weighted by Crippen LogP contribution is 2.31. The molecule has 1 heterocycles. The van der Waals surface area contributed by atoms with Crippen LogP contribution in [-0.2, 0) is 4.79 Å². The molecule has 0 saturated carbocycles. The summed E-state index contributed by atoms with van der Waals surface area (Å²) in [5.41, 5.74) is 0.806. The van der Waals surface area contributed by atoms with Gasteiger partial charge in [-0.05, 0) is 31.5 Å². The number of anilines is 1. The fraction of sp³-hybridized carbons (Fsp3) is 0.650. The number of rotatable bonds is 7. The average molecular weight is 382 g/mol. The third kappa shape index (κ3) is 6.06. The second-order valence-corrected chi connectivity index (χ2v) is 8.29. The second kappa shape index (κ2) is 9.47. The number of hydrogen-bond donors (Lipinski definition) is 1. The molecule has 1 fully saturated rings. The van der Waals surface area contributed by atoms with Crippen molar-refractivity contribution in [2.24, 2.45) is 5.41 Å². The van der Waals surface area contributed by atoms with Gasteiger partial charge in [0.15, 0.2) is 0 Å². The molecule has 0 bridgehead atoms. The molecule has 5 nitrogen and oxygen atoms in total. The number of carbonyl (C=O) groups is 1. The molecule has 6 heteroatoms. The maximum Gasteiger partial charge on any atom is 0.225 e. The van der Waals surface area contributed by atoms with Gasteiger partial charge >= 0.3 is 0 Å². The van der Waals surface area contributed by atoms with Gasteiger partial charge < -0.3 is 15.0 Å². The lowest BCUT2D eigenvalue weighted by atomic mass is 9.96. The summed E-state index contributed by atoms with van der Waals surface area (Å²) in [6, 6.07) is 5.82. The van der Waals surface area contributed by atoms with Crippen LogP contribution in [0.25, 0.3) is 0 Å². The van der Waals surface area contributed by atoms with Crippen LogP contribution in [0.4, 0.5) is 5.69 Å². The van der Waals surface area contributed by atoms with Crippen LogP contribution in [0.1, 0.15) is 33.6 Å². The molecule has 0 aromatic heterocycles. The summed E-state index contributed by atoms with van der Waals surface area (Å²) in [6.45, 7) is 11.7. The van der Waals surface area contributed by atoms with Crippen molar-refractivity contribution < 1.29 is 9.53 Å². The standard InChI is InChI=1S/C20H32ClN3O2/c1-20(2,3)19(25)22-9-5-6-10-23-11-13-24(14-12-23)17-8-7-16(21)15-18(17)26-4/h7-8,15H,5-6,9-14H2,1-4H3,(H,22,25). The first-order valence-corrected chi connectivity index (χ1v) is 9.78. The zero-order valence-corrected chi connectivity index (χ0v) is 17.2. The Balaban J connectivity index is 1.68. The van der Waals surface area contributed by atoms with Crippen LogP contribution in [0.2, 0.25) is 5.02 Å². The van der Waals surface area contributed by atoms with Crippen LogP contribution in [-0.4, -0.2) is 57.2 Å². The van der Waals surface area contributed by atoms with Gasteiger partial charge in [0.2, 0.25) is 5.91 Å². The van der Waals surface area contributed by atoms with Crippen LogP contribution in [0.5, 0.6) is 5.75 Å². The van der Waals surface area contributed by atoms with Gasteiger partial charge in [-0.3, -0.25) is 9.69 Å². The largest absolute Gasteiger partial charge is 0.495 e. The highest BCUT2D eigenvalue weighted by atomic mass is 35.5. The fourth-order valence-electron chi connectivity index (χ4n) is 3.05. The van der Waals surface area contributed by atoms with Crippen LogP contribution in [0, 0.1) is 5.41 Å². The monoisotopic (exact) mass is 381 g/mol. The third-order valence-corrected chi connectivity index (χ3v) is 4.96. The van der Waals surface area contributed by atoms with E-state index in [0.717, 1.165) is 63.5 Å². The van der Waals surface area contributed by atoms with E-state index >= 15 is 0 Å². The van der Waals surface area contributed by atoms with Crippen molar-refractivity contribution >= 4 is 23.2 Å². The molecule has 0 spiro atoms. The number of nitrogens with one attached hydrogen (secondary N) is 1. The van der Waals surface area contributed by atoms with E-state index in [1.54, 1.807) is 7.11 Å². The van der Waals surface area contributed by atoms with Crippen LogP contribution < -0.4 is 15.0 Å². The van der Waals surface area contributed by atoms with Gasteiger partial charge in [-0.15, -0.1) is 0 Å². The molecular formula is C20H32ClN3O2. The molecule has 1 N–H and O–H groups in total. The summed E-state index contributed by atoms with van der Waals surface area (Å²) < 4.78 is 5.47. The predicted molar refractivity (Wildman–Crippen MR) is 108 cm³/mol. The Morgan fingerprint density at radius 3 is 2.50 bits per heavy atom. The number of methoxy groups -OCH3 is 1. The molecule has 146 valence electrons. The van der Waals surface area contributed by atoms with Crippen LogP contribution in [0.15, 0.2) is 18.2 Å². The first-order chi connectivity index (χ1) is 12.3. The van der Waals surface area contributed by atoms with Crippen molar-refractivity contribution in [2.75, 3.05) is 51.3 Å². The summed E-state index contributed by atoms with van der Waals surface area (Å²) >= 11 is 6.05. The molecule has 26 heavy (non-hydrogen) atoms. The van der Waals surface area contributed by atoms with Crippen molar-refractivity contribution in [1.82, 2.24) is 10.2 Å². The number of piperazine rings is 1. The number of benzene rings is 1. The molecule has 0 aliphatic carbocycles. The Hall–Kier alpha value is -1.46. The summed E-state index contributed by atoms with van der Waals surface area (Å²) in [5, 5.41) is 3.71. The van der Waals surface area contributed by atoms with Gasteiger partial charge in [-0.2, -0.15) is 0 Å². The molecule has 2 rings (SSSR count). The zero-order chi connectivity index (χ0) is 19.2. The maximum atomic E-state index is 11.8. The number of unbranched alkanes of at least 4 members (excludes halogenated alkanes) is 1. The Kier molecular flexibility index (Phi) is 7.59. The quantitative estimate of drug-likeness (QED) is 0.735. The molecule has 0 unspecified atom stereocenters. The number of amides is 1. The second-order valence-electron chi connectivity index (χ2n) is 7.86. The van der Waals surface area contributed by atoms with Gasteiger partial charge in [0.1, 0.15) is 5.75 Å². The molecular weight excluding hydrogens is 350 g/mol. The molecule has 1 saturated heterocycles. The molecule has 1 aliphatic rings. The number of ether oxygens (including phenoxy) is 1. The highest BCUT2D eigenvalue weighted by Gasteiger charge is 2.21. The minimum Gasteiger partial charge on any atom is -0.495 e. The number of nitrogens with zero attached hydrogens (tertiary/aromatic N) is 2. The van der Waals surface area contributed by atoms with Gasteiger partial charge in [-0.25, -0.2) is 0 Å². The van der Waals surface area contributed by atoms with E-state index in [-0.39, 0.29) is 11.3 Å². The van der Waals surface area contributed by atoms with E-state index in [4.69, 9.17) is 16.3 Å². The summed E-state index contributed by atoms with van der Waals surface area (Å²) in [4.78, 5) is 16.7. The lowest BCUT2D eigenvalue weighted by Crippen LogP contribution is -2.46. The van der Waals surface area contributed by atoms with Crippen molar-refractivity contribution in [3.63, 3.8) is 0 Å². The SMILES string of the molecule is COc1cc(Cl)ccc1N1CCN(CCCCNC(=O)C(C)(C)C)CC1. The van der Waals surface area contributed by atoms with Crippen LogP contribution >= 0.6 is 11.6 Å². The maximum absolute atomic E-state index is 11.8. The predicted octanol–water partition coefficient (Wildman–Crippen LogP) is 3.41. The van der Waals surface area contributed by atoms with Gasteiger partial charge in [-0.1, -0.05) is 32.4 Å². The first-order valence-electron chi connectivity index (χ1n) is 9.40. The normalized spacial score (nSPS) is 15.8. The lowest BCUT2D eigenvalue weighted by molar-refractivity contribution is -0.128. The number of carbonyl (C=O) groups excluding carboxylic acids is 1. The zero-order valence-electron chi connectivity index (χ0n) is 16.5.